The summed E-state index contributed by atoms with van der Waals surface area (Å²) >= 11 is 1.14. The lowest BCUT2D eigenvalue weighted by Gasteiger charge is -2.05. The van der Waals surface area contributed by atoms with Crippen LogP contribution >= 0.6 is 11.3 Å². The van der Waals surface area contributed by atoms with Crippen LogP contribution in [0.5, 0.6) is 5.75 Å². The minimum atomic E-state index is -1.01. The maximum absolute atomic E-state index is 13.9. The molecule has 0 bridgehead atoms. The molecule has 2 aromatic carbocycles. The SMILES string of the molecule is CCOC(=O)Cn1c(=NC(=O)c2ccc(F)cc2F)sc2cc(OC)ccc21. The van der Waals surface area contributed by atoms with Crippen molar-refractivity contribution in [3.63, 3.8) is 0 Å². The lowest BCUT2D eigenvalue weighted by atomic mass is 10.2. The monoisotopic (exact) mass is 406 g/mol. The van der Waals surface area contributed by atoms with Crippen LogP contribution in [0.3, 0.4) is 0 Å². The van der Waals surface area contributed by atoms with E-state index in [1.54, 1.807) is 25.1 Å². The first-order valence-corrected chi connectivity index (χ1v) is 9.11. The van der Waals surface area contributed by atoms with Crippen molar-refractivity contribution in [2.75, 3.05) is 13.7 Å². The number of benzene rings is 2. The normalized spacial score (nSPS) is 11.6. The van der Waals surface area contributed by atoms with Gasteiger partial charge >= 0.3 is 5.97 Å². The fraction of sp³-hybridized carbons (Fsp3) is 0.211. The average Bonchev–Trinajstić information content (AvgIpc) is 2.97. The maximum Gasteiger partial charge on any atom is 0.326 e. The highest BCUT2D eigenvalue weighted by atomic mass is 32.1. The molecule has 1 aromatic heterocycles. The molecule has 3 rings (SSSR count). The third kappa shape index (κ3) is 4.09. The molecule has 146 valence electrons. The van der Waals surface area contributed by atoms with Gasteiger partial charge in [-0.25, -0.2) is 8.78 Å². The number of carbonyl (C=O) groups excluding carboxylic acids is 2. The van der Waals surface area contributed by atoms with Gasteiger partial charge in [0, 0.05) is 6.07 Å². The van der Waals surface area contributed by atoms with Crippen molar-refractivity contribution >= 4 is 33.4 Å². The molecule has 0 radical (unpaired) electrons. The second-order valence-electron chi connectivity index (χ2n) is 5.65. The van der Waals surface area contributed by atoms with Crippen LogP contribution in [0, 0.1) is 11.6 Å². The topological polar surface area (TPSA) is 69.9 Å². The Morgan fingerprint density at radius 3 is 2.64 bits per heavy atom. The van der Waals surface area contributed by atoms with Crippen molar-refractivity contribution in [1.29, 1.82) is 0 Å². The summed E-state index contributed by atoms with van der Waals surface area (Å²) < 4.78 is 39.4. The summed E-state index contributed by atoms with van der Waals surface area (Å²) in [6.45, 7) is 1.73. The van der Waals surface area contributed by atoms with Crippen molar-refractivity contribution in [3.05, 3.63) is 58.4 Å². The number of methoxy groups -OCH3 is 1. The molecule has 0 saturated carbocycles. The predicted octanol–water partition coefficient (Wildman–Crippen LogP) is 3.29. The molecule has 1 amide bonds. The van der Waals surface area contributed by atoms with Gasteiger partial charge in [0.1, 0.15) is 23.9 Å². The lowest BCUT2D eigenvalue weighted by Crippen LogP contribution is -2.23. The number of thiazole rings is 1. The van der Waals surface area contributed by atoms with Crippen LogP contribution in [-0.2, 0) is 16.1 Å². The molecular formula is C19H16F2N2O4S. The van der Waals surface area contributed by atoms with E-state index >= 15 is 0 Å². The molecule has 0 N–H and O–H groups in total. The first kappa shape index (κ1) is 19.7. The number of carbonyl (C=O) groups is 2. The summed E-state index contributed by atoms with van der Waals surface area (Å²) in [5, 5.41) is 0. The highest BCUT2D eigenvalue weighted by Gasteiger charge is 2.15. The van der Waals surface area contributed by atoms with Crippen LogP contribution in [0.15, 0.2) is 41.4 Å². The van der Waals surface area contributed by atoms with Crippen molar-refractivity contribution in [2.45, 2.75) is 13.5 Å². The Morgan fingerprint density at radius 2 is 1.96 bits per heavy atom. The van der Waals surface area contributed by atoms with Crippen LogP contribution in [0.2, 0.25) is 0 Å². The van der Waals surface area contributed by atoms with Crippen LogP contribution in [0.1, 0.15) is 17.3 Å². The van der Waals surface area contributed by atoms with E-state index in [0.29, 0.717) is 17.3 Å². The molecule has 0 saturated heterocycles. The molecule has 0 aliphatic heterocycles. The number of aromatic nitrogens is 1. The number of esters is 1. The number of fused-ring (bicyclic) bond motifs is 1. The first-order valence-electron chi connectivity index (χ1n) is 8.30. The van der Waals surface area contributed by atoms with E-state index in [1.807, 2.05) is 0 Å². The van der Waals surface area contributed by atoms with Crippen molar-refractivity contribution in [2.24, 2.45) is 4.99 Å². The van der Waals surface area contributed by atoms with E-state index in [1.165, 1.54) is 11.7 Å². The summed E-state index contributed by atoms with van der Waals surface area (Å²) in [7, 11) is 1.52. The Labute approximate surface area is 162 Å². The molecule has 0 atom stereocenters. The standard InChI is InChI=1S/C19H16F2N2O4S/c1-3-27-17(24)10-23-15-7-5-12(26-2)9-16(15)28-19(23)22-18(25)13-6-4-11(20)8-14(13)21/h4-9H,3,10H2,1-2H3. The summed E-state index contributed by atoms with van der Waals surface area (Å²) in [5.41, 5.74) is 0.282. The van der Waals surface area contributed by atoms with Gasteiger partial charge in [-0.3, -0.25) is 9.59 Å². The number of hydrogen-bond donors (Lipinski definition) is 0. The van der Waals surface area contributed by atoms with E-state index in [4.69, 9.17) is 9.47 Å². The fourth-order valence-electron chi connectivity index (χ4n) is 2.56. The van der Waals surface area contributed by atoms with E-state index in [9.17, 15) is 18.4 Å². The number of halogens is 2. The van der Waals surface area contributed by atoms with Gasteiger partial charge in [0.25, 0.3) is 5.91 Å². The summed E-state index contributed by atoms with van der Waals surface area (Å²) in [6, 6.07) is 7.81. The van der Waals surface area contributed by atoms with Gasteiger partial charge in [0.15, 0.2) is 4.80 Å². The second kappa shape index (κ2) is 8.30. The Balaban J connectivity index is 2.13. The number of nitrogens with zero attached hydrogens (tertiary/aromatic N) is 2. The number of rotatable bonds is 5. The third-order valence-corrected chi connectivity index (χ3v) is 4.88. The predicted molar refractivity (Wildman–Crippen MR) is 99.3 cm³/mol. The van der Waals surface area contributed by atoms with Gasteiger partial charge < -0.3 is 14.0 Å². The number of ether oxygens (including phenoxy) is 2. The summed E-state index contributed by atoms with van der Waals surface area (Å²) in [5.74, 6) is -2.58. The zero-order valence-electron chi connectivity index (χ0n) is 15.1. The third-order valence-electron chi connectivity index (χ3n) is 3.84. The molecule has 0 aliphatic rings. The molecule has 0 unspecified atom stereocenters. The molecule has 9 heteroatoms. The quantitative estimate of drug-likeness (QED) is 0.610. The Kier molecular flexibility index (Phi) is 5.84. The highest BCUT2D eigenvalue weighted by Crippen LogP contribution is 2.23. The van der Waals surface area contributed by atoms with E-state index in [-0.39, 0.29) is 23.5 Å². The van der Waals surface area contributed by atoms with Gasteiger partial charge in [-0.05, 0) is 37.3 Å². The van der Waals surface area contributed by atoms with Gasteiger partial charge in [-0.15, -0.1) is 0 Å². The zero-order valence-corrected chi connectivity index (χ0v) is 15.9. The Hall–Kier alpha value is -3.07. The highest BCUT2D eigenvalue weighted by molar-refractivity contribution is 7.16. The second-order valence-corrected chi connectivity index (χ2v) is 6.66. The minimum absolute atomic E-state index is 0.168. The maximum atomic E-state index is 13.9. The van der Waals surface area contributed by atoms with Gasteiger partial charge in [0.05, 0.1) is 29.5 Å². The van der Waals surface area contributed by atoms with Gasteiger partial charge in [0.2, 0.25) is 0 Å². The van der Waals surface area contributed by atoms with Crippen molar-refractivity contribution in [1.82, 2.24) is 4.57 Å². The molecule has 0 spiro atoms. The van der Waals surface area contributed by atoms with Crippen LogP contribution < -0.4 is 9.54 Å². The summed E-state index contributed by atoms with van der Waals surface area (Å²) in [6.07, 6.45) is 0. The Bertz CT molecular complexity index is 1120. The zero-order chi connectivity index (χ0) is 20.3. The minimum Gasteiger partial charge on any atom is -0.497 e. The van der Waals surface area contributed by atoms with Crippen LogP contribution in [-0.4, -0.2) is 30.2 Å². The van der Waals surface area contributed by atoms with Crippen molar-refractivity contribution < 1.29 is 27.8 Å². The fourth-order valence-corrected chi connectivity index (χ4v) is 3.62. The van der Waals surface area contributed by atoms with E-state index in [0.717, 1.165) is 28.2 Å². The Morgan fingerprint density at radius 1 is 1.18 bits per heavy atom. The first-order chi connectivity index (χ1) is 13.4. The molecule has 3 aromatic rings. The largest absolute Gasteiger partial charge is 0.497 e. The number of hydrogen-bond acceptors (Lipinski definition) is 5. The van der Waals surface area contributed by atoms with Crippen LogP contribution in [0.25, 0.3) is 10.2 Å². The van der Waals surface area contributed by atoms with Gasteiger partial charge in [-0.1, -0.05) is 11.3 Å². The molecular weight excluding hydrogens is 390 g/mol. The number of amides is 1. The molecule has 0 fully saturated rings. The summed E-state index contributed by atoms with van der Waals surface area (Å²) in [4.78, 5) is 28.6. The van der Waals surface area contributed by atoms with E-state index in [2.05, 4.69) is 4.99 Å². The van der Waals surface area contributed by atoms with Crippen molar-refractivity contribution in [3.8, 4) is 5.75 Å². The van der Waals surface area contributed by atoms with Crippen LogP contribution in [0.4, 0.5) is 8.78 Å². The smallest absolute Gasteiger partial charge is 0.326 e. The molecule has 1 heterocycles. The van der Waals surface area contributed by atoms with E-state index < -0.39 is 23.5 Å². The molecule has 28 heavy (non-hydrogen) atoms. The molecule has 0 aliphatic carbocycles. The average molecular weight is 406 g/mol. The van der Waals surface area contributed by atoms with Gasteiger partial charge in [-0.2, -0.15) is 4.99 Å². The lowest BCUT2D eigenvalue weighted by molar-refractivity contribution is -0.143. The molecule has 6 nitrogen and oxygen atoms in total.